The predicted octanol–water partition coefficient (Wildman–Crippen LogP) is 6.68. The zero-order valence-electron chi connectivity index (χ0n) is 23.5. The Balaban J connectivity index is 1.40. The van der Waals surface area contributed by atoms with Crippen molar-refractivity contribution in [3.8, 4) is 11.4 Å². The van der Waals surface area contributed by atoms with Gasteiger partial charge in [-0.1, -0.05) is 66.9 Å². The molecule has 0 unspecified atom stereocenters. The van der Waals surface area contributed by atoms with E-state index in [-0.39, 0.29) is 10.8 Å². The zero-order chi connectivity index (χ0) is 29.2. The average Bonchev–Trinajstić information content (AvgIpc) is 3.44. The third kappa shape index (κ3) is 4.60. The van der Waals surface area contributed by atoms with Crippen LogP contribution in [0.5, 0.6) is 0 Å². The average molecular weight is 610 g/mol. The lowest BCUT2D eigenvalue weighted by Crippen LogP contribution is -2.33. The van der Waals surface area contributed by atoms with E-state index in [2.05, 4.69) is 23.8 Å². The second-order valence-corrected chi connectivity index (χ2v) is 13.4. The lowest BCUT2D eigenvalue weighted by Gasteiger charge is -2.30. The summed E-state index contributed by atoms with van der Waals surface area (Å²) in [5.74, 6) is 1.54. The van der Waals surface area contributed by atoms with Gasteiger partial charge < -0.3 is 4.90 Å². The van der Waals surface area contributed by atoms with E-state index in [9.17, 15) is 8.42 Å². The van der Waals surface area contributed by atoms with E-state index in [4.69, 9.17) is 33.2 Å². The highest BCUT2D eigenvalue weighted by Crippen LogP contribution is 2.38. The molecule has 1 aliphatic heterocycles. The van der Waals surface area contributed by atoms with Crippen LogP contribution in [-0.4, -0.2) is 38.7 Å². The highest BCUT2D eigenvalue weighted by Gasteiger charge is 2.29. The molecule has 5 aromatic rings. The van der Waals surface area contributed by atoms with Gasteiger partial charge in [0.05, 0.1) is 21.8 Å². The van der Waals surface area contributed by atoms with Gasteiger partial charge in [0.1, 0.15) is 16.0 Å². The quantitative estimate of drug-likeness (QED) is 0.207. The van der Waals surface area contributed by atoms with Gasteiger partial charge in [0.2, 0.25) is 0 Å². The third-order valence-corrected chi connectivity index (χ3v) is 10.0. The van der Waals surface area contributed by atoms with E-state index in [1.165, 1.54) is 3.97 Å². The molecule has 1 aliphatic rings. The predicted molar refractivity (Wildman–Crippen MR) is 164 cm³/mol. The molecule has 0 spiro atoms. The summed E-state index contributed by atoms with van der Waals surface area (Å²) in [6.45, 7) is 9.18. The fourth-order valence-electron chi connectivity index (χ4n) is 5.55. The molecule has 0 amide bonds. The van der Waals surface area contributed by atoms with Gasteiger partial charge in [0, 0.05) is 49.3 Å². The fourth-order valence-corrected chi connectivity index (χ4v) is 7.72. The summed E-state index contributed by atoms with van der Waals surface area (Å²) in [6, 6.07) is 12.4. The number of fused-ring (bicyclic) bond motifs is 2. The molecular formula is C30H30Cl2N6O2S. The monoisotopic (exact) mass is 608 g/mol. The highest BCUT2D eigenvalue weighted by molar-refractivity contribution is 7.90. The molecule has 3 aromatic heterocycles. The number of benzene rings is 2. The molecule has 0 bridgehead atoms. The van der Waals surface area contributed by atoms with Crippen LogP contribution in [0.1, 0.15) is 47.8 Å². The molecule has 0 saturated heterocycles. The maximum absolute atomic E-state index is 13.6. The molecule has 0 aliphatic carbocycles. The molecule has 4 heterocycles. The molecule has 0 N–H and O–H groups in total. The Morgan fingerprint density at radius 3 is 2.41 bits per heavy atom. The first-order valence-electron chi connectivity index (χ1n) is 13.4. The van der Waals surface area contributed by atoms with Gasteiger partial charge in [-0.15, -0.1) is 0 Å². The second kappa shape index (κ2) is 10.2. The fraction of sp³-hybridized carbons (Fsp3) is 0.300. The van der Waals surface area contributed by atoms with Gasteiger partial charge in [-0.3, -0.25) is 4.68 Å². The van der Waals surface area contributed by atoms with Crippen LogP contribution in [0, 0.1) is 13.8 Å². The van der Waals surface area contributed by atoms with Crippen LogP contribution >= 0.6 is 23.2 Å². The van der Waals surface area contributed by atoms with Gasteiger partial charge in [-0.2, -0.15) is 5.10 Å². The van der Waals surface area contributed by atoms with Crippen LogP contribution in [0.25, 0.3) is 22.3 Å². The summed E-state index contributed by atoms with van der Waals surface area (Å²) in [6.07, 6.45) is 2.31. The Hall–Kier alpha value is -3.40. The van der Waals surface area contributed by atoms with Crippen LogP contribution in [-0.2, 0) is 30.0 Å². The molecule has 8 nitrogen and oxygen atoms in total. The topological polar surface area (TPSA) is 85.9 Å². The number of hydrogen-bond donors (Lipinski definition) is 0. The van der Waals surface area contributed by atoms with E-state index in [0.29, 0.717) is 41.0 Å². The minimum atomic E-state index is -3.80. The van der Waals surface area contributed by atoms with Crippen molar-refractivity contribution in [1.82, 2.24) is 23.7 Å². The number of aromatic nitrogens is 5. The minimum absolute atomic E-state index is 0.210. The summed E-state index contributed by atoms with van der Waals surface area (Å²) >= 11 is 13.6. The number of hydrogen-bond acceptors (Lipinski definition) is 6. The first kappa shape index (κ1) is 27.8. The van der Waals surface area contributed by atoms with E-state index in [1.807, 2.05) is 37.7 Å². The van der Waals surface area contributed by atoms with Crippen LogP contribution in [0.2, 0.25) is 10.2 Å². The van der Waals surface area contributed by atoms with Crippen LogP contribution in [0.3, 0.4) is 0 Å². The van der Waals surface area contributed by atoms with Gasteiger partial charge in [-0.25, -0.2) is 22.4 Å². The lowest BCUT2D eigenvalue weighted by atomic mass is 10.0. The second-order valence-electron chi connectivity index (χ2n) is 10.9. The number of anilines is 1. The van der Waals surface area contributed by atoms with Crippen LogP contribution in [0.4, 0.5) is 5.82 Å². The van der Waals surface area contributed by atoms with Crippen molar-refractivity contribution in [1.29, 1.82) is 0 Å². The van der Waals surface area contributed by atoms with Crippen molar-refractivity contribution in [3.63, 3.8) is 0 Å². The number of nitrogens with zero attached hydrogens (tertiary/aromatic N) is 6. The molecule has 212 valence electrons. The Bertz CT molecular complexity index is 1930. The molecule has 6 rings (SSSR count). The first-order valence-corrected chi connectivity index (χ1v) is 15.6. The molecular weight excluding hydrogens is 579 g/mol. The summed E-state index contributed by atoms with van der Waals surface area (Å²) < 4.78 is 30.3. The molecule has 0 radical (unpaired) electrons. The molecule has 0 fully saturated rings. The third-order valence-electron chi connectivity index (χ3n) is 7.65. The molecule has 2 aromatic carbocycles. The van der Waals surface area contributed by atoms with Crippen molar-refractivity contribution in [3.05, 3.63) is 86.9 Å². The lowest BCUT2D eigenvalue weighted by molar-refractivity contribution is 0.589. The Morgan fingerprint density at radius 1 is 1.00 bits per heavy atom. The van der Waals surface area contributed by atoms with Crippen molar-refractivity contribution < 1.29 is 8.42 Å². The van der Waals surface area contributed by atoms with Crippen molar-refractivity contribution >= 4 is 49.9 Å². The molecule has 11 heteroatoms. The normalized spacial score (nSPS) is 13.8. The van der Waals surface area contributed by atoms with E-state index < -0.39 is 10.0 Å². The Morgan fingerprint density at radius 2 is 1.73 bits per heavy atom. The zero-order valence-corrected chi connectivity index (χ0v) is 25.8. The summed E-state index contributed by atoms with van der Waals surface area (Å²) in [5.41, 5.74) is 5.70. The van der Waals surface area contributed by atoms with Crippen molar-refractivity contribution in [2.75, 3.05) is 11.4 Å². The number of rotatable bonds is 5. The molecule has 0 saturated carbocycles. The SMILES string of the molecule is Cc1ccc(S(=O)(=O)n2cc(C)c3c(-c4nc(Cl)c5c(n4)CCN(c4c(Cl)c(C(C)C)nn4C)C5)cccc32)cc1. The maximum atomic E-state index is 13.6. The van der Waals surface area contributed by atoms with Crippen molar-refractivity contribution in [2.45, 2.75) is 51.5 Å². The Labute approximate surface area is 249 Å². The number of aryl methyl sites for hydroxylation is 3. The maximum Gasteiger partial charge on any atom is 0.268 e. The molecule has 41 heavy (non-hydrogen) atoms. The standard InChI is InChI=1S/C30H30Cl2N6O2S/c1-17(2)27-26(31)30(36(5)35-27)37-14-13-23-22(16-37)28(32)34-29(33-23)21-7-6-8-24-25(21)19(4)15-38(24)41(39,40)20-11-9-18(3)10-12-20/h6-12,15,17H,13-14,16H2,1-5H3. The van der Waals surface area contributed by atoms with E-state index >= 15 is 0 Å². The van der Waals surface area contributed by atoms with E-state index in [0.717, 1.165) is 44.8 Å². The summed E-state index contributed by atoms with van der Waals surface area (Å²) in [5, 5.41) is 6.44. The smallest absolute Gasteiger partial charge is 0.268 e. The Kier molecular flexibility index (Phi) is 6.87. The summed E-state index contributed by atoms with van der Waals surface area (Å²) in [4.78, 5) is 12.1. The van der Waals surface area contributed by atoms with Crippen molar-refractivity contribution in [2.24, 2.45) is 7.05 Å². The van der Waals surface area contributed by atoms with Gasteiger partial charge >= 0.3 is 0 Å². The van der Waals surface area contributed by atoms with Gasteiger partial charge in [-0.05, 0) is 43.5 Å². The summed E-state index contributed by atoms with van der Waals surface area (Å²) in [7, 11) is -1.90. The minimum Gasteiger partial charge on any atom is -0.351 e. The van der Waals surface area contributed by atoms with E-state index in [1.54, 1.807) is 36.5 Å². The van der Waals surface area contributed by atoms with Gasteiger partial charge in [0.15, 0.2) is 5.82 Å². The highest BCUT2D eigenvalue weighted by atomic mass is 35.5. The first-order chi connectivity index (χ1) is 19.5. The van der Waals surface area contributed by atoms with Crippen LogP contribution in [0.15, 0.2) is 53.6 Å². The number of halogens is 2. The van der Waals surface area contributed by atoms with Crippen LogP contribution < -0.4 is 4.90 Å². The molecule has 0 atom stereocenters. The van der Waals surface area contributed by atoms with Gasteiger partial charge in [0.25, 0.3) is 10.0 Å². The largest absolute Gasteiger partial charge is 0.351 e.